The van der Waals surface area contributed by atoms with Crippen molar-refractivity contribution >= 4 is 33.2 Å². The van der Waals surface area contributed by atoms with Crippen molar-refractivity contribution in [2.45, 2.75) is 4.90 Å². The van der Waals surface area contributed by atoms with Crippen LogP contribution in [0, 0.1) is 0 Å². The van der Waals surface area contributed by atoms with Crippen LogP contribution in [0.15, 0.2) is 60.0 Å². The number of nitrogens with one attached hydrogen (secondary N) is 1. The Balaban J connectivity index is 1.54. The number of sulfonamides is 1. The predicted octanol–water partition coefficient (Wildman–Crippen LogP) is 2.19. The molecular weight excluding hydrogens is 430 g/mol. The van der Waals surface area contributed by atoms with Crippen LogP contribution in [0.25, 0.3) is 5.69 Å². The zero-order chi connectivity index (χ0) is 21.1. The fraction of sp³-hybridized carbons (Fsp3) is 0.211. The van der Waals surface area contributed by atoms with Crippen LogP contribution in [0.4, 0.5) is 5.69 Å². The lowest BCUT2D eigenvalue weighted by Gasteiger charge is -2.26. The molecular formula is C19H18ClN5O4S. The Labute approximate surface area is 178 Å². The van der Waals surface area contributed by atoms with Gasteiger partial charge in [-0.25, -0.2) is 18.1 Å². The molecule has 0 bridgehead atoms. The summed E-state index contributed by atoms with van der Waals surface area (Å²) in [6.45, 7) is 1.21. The van der Waals surface area contributed by atoms with Gasteiger partial charge in [0.05, 0.1) is 34.4 Å². The molecule has 1 amide bonds. The lowest BCUT2D eigenvalue weighted by molar-refractivity contribution is 0.0730. The minimum absolute atomic E-state index is 0.0143. The second-order valence-electron chi connectivity index (χ2n) is 6.50. The molecule has 0 aliphatic carbocycles. The third-order valence-corrected chi connectivity index (χ3v) is 6.82. The van der Waals surface area contributed by atoms with E-state index in [1.54, 1.807) is 35.3 Å². The second kappa shape index (κ2) is 8.52. The van der Waals surface area contributed by atoms with E-state index in [9.17, 15) is 13.2 Å². The number of morpholine rings is 1. The van der Waals surface area contributed by atoms with E-state index in [-0.39, 0.29) is 28.6 Å². The van der Waals surface area contributed by atoms with Gasteiger partial charge in [-0.2, -0.15) is 9.40 Å². The summed E-state index contributed by atoms with van der Waals surface area (Å²) in [7, 11) is -3.74. The number of ether oxygens (including phenoxy) is 1. The molecule has 0 unspecified atom stereocenters. The predicted molar refractivity (Wildman–Crippen MR) is 110 cm³/mol. The first-order chi connectivity index (χ1) is 14.4. The first-order valence-electron chi connectivity index (χ1n) is 9.09. The number of rotatable bonds is 5. The Morgan fingerprint density at radius 3 is 2.50 bits per heavy atom. The molecule has 30 heavy (non-hydrogen) atoms. The van der Waals surface area contributed by atoms with E-state index in [1.807, 2.05) is 0 Å². The van der Waals surface area contributed by atoms with Gasteiger partial charge >= 0.3 is 0 Å². The summed E-state index contributed by atoms with van der Waals surface area (Å²) in [5, 5.41) is 6.93. The Morgan fingerprint density at radius 2 is 1.83 bits per heavy atom. The summed E-state index contributed by atoms with van der Waals surface area (Å²) in [4.78, 5) is 16.7. The van der Waals surface area contributed by atoms with Gasteiger partial charge in [0.2, 0.25) is 10.0 Å². The van der Waals surface area contributed by atoms with E-state index < -0.39 is 15.9 Å². The van der Waals surface area contributed by atoms with Gasteiger partial charge < -0.3 is 10.1 Å². The van der Waals surface area contributed by atoms with Crippen molar-refractivity contribution in [3.8, 4) is 5.69 Å². The molecule has 9 nitrogen and oxygen atoms in total. The van der Waals surface area contributed by atoms with Crippen LogP contribution in [-0.4, -0.2) is 59.7 Å². The summed E-state index contributed by atoms with van der Waals surface area (Å²) < 4.78 is 33.9. The first-order valence-corrected chi connectivity index (χ1v) is 10.9. The molecule has 0 spiro atoms. The number of hydrogen-bond acceptors (Lipinski definition) is 6. The van der Waals surface area contributed by atoms with Gasteiger partial charge in [-0.05, 0) is 42.5 Å². The zero-order valence-corrected chi connectivity index (χ0v) is 17.3. The third kappa shape index (κ3) is 4.21. The van der Waals surface area contributed by atoms with E-state index in [0.29, 0.717) is 18.9 Å². The van der Waals surface area contributed by atoms with Crippen molar-refractivity contribution in [3.05, 3.63) is 65.7 Å². The summed E-state index contributed by atoms with van der Waals surface area (Å²) in [6.07, 6.45) is 2.99. The number of carbonyl (C=O) groups excluding carboxylic acids is 1. The summed E-state index contributed by atoms with van der Waals surface area (Å²) >= 11 is 6.18. The van der Waals surface area contributed by atoms with Gasteiger partial charge in [-0.1, -0.05) is 11.6 Å². The topological polar surface area (TPSA) is 106 Å². The molecule has 1 aliphatic rings. The van der Waals surface area contributed by atoms with E-state index >= 15 is 0 Å². The maximum atomic E-state index is 12.9. The normalized spacial score (nSPS) is 15.1. The lowest BCUT2D eigenvalue weighted by atomic mass is 10.2. The molecule has 1 fully saturated rings. The third-order valence-electron chi connectivity index (χ3n) is 4.60. The molecule has 2 heterocycles. The molecule has 3 aromatic rings. The molecule has 0 radical (unpaired) electrons. The Hall–Kier alpha value is -2.79. The first kappa shape index (κ1) is 20.5. The quantitative estimate of drug-likeness (QED) is 0.642. The SMILES string of the molecule is O=C(Nc1ccc(-n2cncn2)cc1)c1cc(S(=O)(=O)N2CCOCC2)ccc1Cl. The van der Waals surface area contributed by atoms with Crippen molar-refractivity contribution in [1.82, 2.24) is 19.1 Å². The summed E-state index contributed by atoms with van der Waals surface area (Å²) in [5.74, 6) is -0.507. The monoisotopic (exact) mass is 447 g/mol. The number of benzene rings is 2. The Morgan fingerprint density at radius 1 is 1.10 bits per heavy atom. The molecule has 1 aliphatic heterocycles. The van der Waals surface area contributed by atoms with Crippen LogP contribution in [-0.2, 0) is 14.8 Å². The van der Waals surface area contributed by atoms with Crippen LogP contribution in [0.1, 0.15) is 10.4 Å². The van der Waals surface area contributed by atoms with Gasteiger partial charge in [0.25, 0.3) is 5.91 Å². The standard InChI is InChI=1S/C19H18ClN5O4S/c20-18-6-5-16(30(27,28)24-7-9-29-10-8-24)11-17(18)19(26)23-14-1-3-15(4-2-14)25-13-21-12-22-25/h1-6,11-13H,7-10H2,(H,23,26). The highest BCUT2D eigenvalue weighted by molar-refractivity contribution is 7.89. The van der Waals surface area contributed by atoms with Crippen LogP contribution in [0.2, 0.25) is 5.02 Å². The lowest BCUT2D eigenvalue weighted by Crippen LogP contribution is -2.40. The van der Waals surface area contributed by atoms with Crippen LogP contribution < -0.4 is 5.32 Å². The summed E-state index contributed by atoms with van der Waals surface area (Å²) in [6, 6.07) is 11.1. The molecule has 4 rings (SSSR count). The number of anilines is 1. The maximum absolute atomic E-state index is 12.9. The number of hydrogen-bond donors (Lipinski definition) is 1. The number of amides is 1. The van der Waals surface area contributed by atoms with E-state index in [4.69, 9.17) is 16.3 Å². The Kier molecular flexibility index (Phi) is 5.82. The highest BCUT2D eigenvalue weighted by Crippen LogP contribution is 2.25. The van der Waals surface area contributed by atoms with Gasteiger partial charge in [0, 0.05) is 18.8 Å². The minimum atomic E-state index is -3.74. The average Bonchev–Trinajstić information content (AvgIpc) is 3.30. The highest BCUT2D eigenvalue weighted by Gasteiger charge is 2.27. The van der Waals surface area contributed by atoms with Crippen molar-refractivity contribution < 1.29 is 17.9 Å². The number of nitrogens with zero attached hydrogens (tertiary/aromatic N) is 4. The average molecular weight is 448 g/mol. The van der Waals surface area contributed by atoms with Crippen molar-refractivity contribution in [3.63, 3.8) is 0 Å². The summed E-state index contributed by atoms with van der Waals surface area (Å²) in [5.41, 5.74) is 1.38. The maximum Gasteiger partial charge on any atom is 0.257 e. The molecule has 1 saturated heterocycles. The number of halogens is 1. The second-order valence-corrected chi connectivity index (χ2v) is 8.84. The van der Waals surface area contributed by atoms with E-state index in [2.05, 4.69) is 15.4 Å². The zero-order valence-electron chi connectivity index (χ0n) is 15.7. The molecule has 0 atom stereocenters. The fourth-order valence-electron chi connectivity index (χ4n) is 3.01. The van der Waals surface area contributed by atoms with Gasteiger partial charge in [0.15, 0.2) is 0 Å². The molecule has 1 N–H and O–H groups in total. The van der Waals surface area contributed by atoms with Crippen molar-refractivity contribution in [2.24, 2.45) is 0 Å². The smallest absolute Gasteiger partial charge is 0.257 e. The van der Waals surface area contributed by atoms with E-state index in [1.165, 1.54) is 28.8 Å². The molecule has 0 saturated carbocycles. The Bertz CT molecular complexity index is 1140. The number of carbonyl (C=O) groups is 1. The van der Waals surface area contributed by atoms with Crippen LogP contribution >= 0.6 is 11.6 Å². The van der Waals surface area contributed by atoms with Gasteiger partial charge in [0.1, 0.15) is 12.7 Å². The molecule has 156 valence electrons. The van der Waals surface area contributed by atoms with E-state index in [0.717, 1.165) is 5.69 Å². The molecule has 1 aromatic heterocycles. The fourth-order valence-corrected chi connectivity index (χ4v) is 4.65. The highest BCUT2D eigenvalue weighted by atomic mass is 35.5. The van der Waals surface area contributed by atoms with Crippen molar-refractivity contribution in [1.29, 1.82) is 0 Å². The number of aromatic nitrogens is 3. The largest absolute Gasteiger partial charge is 0.379 e. The van der Waals surface area contributed by atoms with Gasteiger partial charge in [-0.3, -0.25) is 4.79 Å². The molecule has 2 aromatic carbocycles. The van der Waals surface area contributed by atoms with Gasteiger partial charge in [-0.15, -0.1) is 0 Å². The molecule has 11 heteroatoms. The van der Waals surface area contributed by atoms with Crippen LogP contribution in [0.5, 0.6) is 0 Å². The van der Waals surface area contributed by atoms with Crippen molar-refractivity contribution in [2.75, 3.05) is 31.6 Å². The van der Waals surface area contributed by atoms with Crippen LogP contribution in [0.3, 0.4) is 0 Å². The minimum Gasteiger partial charge on any atom is -0.379 e.